The van der Waals surface area contributed by atoms with Crippen LogP contribution in [0, 0.1) is 0 Å². The van der Waals surface area contributed by atoms with Gasteiger partial charge in [-0.2, -0.15) is 0 Å². The Bertz CT molecular complexity index is 889. The summed E-state index contributed by atoms with van der Waals surface area (Å²) in [7, 11) is 1.61. The van der Waals surface area contributed by atoms with E-state index >= 15 is 0 Å². The molecule has 3 aromatic rings. The van der Waals surface area contributed by atoms with Crippen molar-refractivity contribution >= 4 is 5.97 Å². The fourth-order valence-corrected chi connectivity index (χ4v) is 2.50. The molecule has 2 aromatic carbocycles. The van der Waals surface area contributed by atoms with Gasteiger partial charge in [-0.25, -0.2) is 4.79 Å². The lowest BCUT2D eigenvalue weighted by Gasteiger charge is -2.07. The molecule has 0 saturated carbocycles. The number of benzene rings is 2. The van der Waals surface area contributed by atoms with Gasteiger partial charge in [0.2, 0.25) is 0 Å². The van der Waals surface area contributed by atoms with Crippen molar-refractivity contribution in [1.29, 1.82) is 0 Å². The Morgan fingerprint density at radius 1 is 1.11 bits per heavy atom. The number of hydrogen-bond acceptors (Lipinski definition) is 7. The molecule has 0 N–H and O–H groups in total. The van der Waals surface area contributed by atoms with E-state index in [1.54, 1.807) is 32.2 Å². The molecule has 0 saturated heterocycles. The summed E-state index contributed by atoms with van der Waals surface area (Å²) in [5.41, 5.74) is 2.00. The van der Waals surface area contributed by atoms with E-state index in [2.05, 4.69) is 10.4 Å². The molecule has 27 heavy (non-hydrogen) atoms. The van der Waals surface area contributed by atoms with Gasteiger partial charge in [-0.05, 0) is 48.9 Å². The zero-order valence-corrected chi connectivity index (χ0v) is 15.2. The molecular formula is C20H20N2O5. The number of carbonyl (C=O) groups excluding carboxylic acids is 1. The SMILES string of the molecule is CCOC(=O)c1cccc(Cc2onnc2COc2ccc(OC)cc2)c1. The van der Waals surface area contributed by atoms with E-state index in [0.717, 1.165) is 11.3 Å². The number of ether oxygens (including phenoxy) is 3. The van der Waals surface area contributed by atoms with Gasteiger partial charge in [-0.15, -0.1) is 5.10 Å². The van der Waals surface area contributed by atoms with E-state index in [9.17, 15) is 4.79 Å². The third-order valence-electron chi connectivity index (χ3n) is 3.87. The zero-order chi connectivity index (χ0) is 19.1. The number of esters is 1. The molecule has 0 aliphatic rings. The summed E-state index contributed by atoms with van der Waals surface area (Å²) < 4.78 is 21.1. The summed E-state index contributed by atoms with van der Waals surface area (Å²) in [6, 6.07) is 14.5. The van der Waals surface area contributed by atoms with Crippen LogP contribution in [0.1, 0.15) is 34.3 Å². The van der Waals surface area contributed by atoms with E-state index in [1.807, 2.05) is 30.3 Å². The predicted molar refractivity (Wildman–Crippen MR) is 96.8 cm³/mol. The molecule has 0 bridgehead atoms. The van der Waals surface area contributed by atoms with Gasteiger partial charge in [0, 0.05) is 11.7 Å². The average Bonchev–Trinajstić information content (AvgIpc) is 3.14. The van der Waals surface area contributed by atoms with Crippen molar-refractivity contribution in [2.45, 2.75) is 20.0 Å². The van der Waals surface area contributed by atoms with Gasteiger partial charge in [-0.3, -0.25) is 0 Å². The molecule has 0 unspecified atom stereocenters. The minimum Gasteiger partial charge on any atom is -0.497 e. The molecule has 0 spiro atoms. The second-order valence-corrected chi connectivity index (χ2v) is 5.70. The van der Waals surface area contributed by atoms with Crippen LogP contribution in [0.25, 0.3) is 0 Å². The van der Waals surface area contributed by atoms with Gasteiger partial charge in [-0.1, -0.05) is 12.1 Å². The van der Waals surface area contributed by atoms with Gasteiger partial charge in [0.25, 0.3) is 0 Å². The Morgan fingerprint density at radius 3 is 2.63 bits per heavy atom. The molecule has 0 aliphatic carbocycles. The van der Waals surface area contributed by atoms with Crippen molar-refractivity contribution in [2.24, 2.45) is 0 Å². The minimum atomic E-state index is -0.349. The first-order chi connectivity index (χ1) is 13.2. The highest BCUT2D eigenvalue weighted by Crippen LogP contribution is 2.20. The Morgan fingerprint density at radius 2 is 1.89 bits per heavy atom. The Hall–Kier alpha value is -3.35. The van der Waals surface area contributed by atoms with Crippen LogP contribution >= 0.6 is 0 Å². The Kier molecular flexibility index (Phi) is 6.04. The molecular weight excluding hydrogens is 348 g/mol. The van der Waals surface area contributed by atoms with Crippen LogP contribution in [0.3, 0.4) is 0 Å². The second-order valence-electron chi connectivity index (χ2n) is 5.70. The summed E-state index contributed by atoms with van der Waals surface area (Å²) >= 11 is 0. The lowest BCUT2D eigenvalue weighted by atomic mass is 10.1. The van der Waals surface area contributed by atoms with E-state index < -0.39 is 0 Å². The van der Waals surface area contributed by atoms with Crippen molar-refractivity contribution < 1.29 is 23.5 Å². The number of carbonyl (C=O) groups is 1. The molecule has 0 aliphatic heterocycles. The maximum atomic E-state index is 11.9. The van der Waals surface area contributed by atoms with Crippen LogP contribution in [0.5, 0.6) is 11.5 Å². The van der Waals surface area contributed by atoms with E-state index in [0.29, 0.717) is 35.8 Å². The van der Waals surface area contributed by atoms with E-state index in [1.165, 1.54) is 0 Å². The zero-order valence-electron chi connectivity index (χ0n) is 15.2. The minimum absolute atomic E-state index is 0.225. The van der Waals surface area contributed by atoms with Crippen LogP contribution in [-0.2, 0) is 17.8 Å². The fourth-order valence-electron chi connectivity index (χ4n) is 2.50. The number of rotatable bonds is 8. The highest BCUT2D eigenvalue weighted by molar-refractivity contribution is 5.89. The number of nitrogens with zero attached hydrogens (tertiary/aromatic N) is 2. The summed E-state index contributed by atoms with van der Waals surface area (Å²) in [4.78, 5) is 11.9. The van der Waals surface area contributed by atoms with Crippen molar-refractivity contribution in [2.75, 3.05) is 13.7 Å². The predicted octanol–water partition coefficient (Wildman–Crippen LogP) is 3.42. The molecule has 0 fully saturated rings. The molecule has 7 nitrogen and oxygen atoms in total. The largest absolute Gasteiger partial charge is 0.497 e. The number of methoxy groups -OCH3 is 1. The summed E-state index contributed by atoms with van der Waals surface area (Å²) in [6.07, 6.45) is 0.446. The normalized spacial score (nSPS) is 10.4. The first-order valence-corrected chi connectivity index (χ1v) is 8.52. The van der Waals surface area contributed by atoms with Gasteiger partial charge in [0.15, 0.2) is 5.76 Å². The van der Waals surface area contributed by atoms with Gasteiger partial charge < -0.3 is 18.7 Å². The Labute approximate surface area is 156 Å². The van der Waals surface area contributed by atoms with Crippen molar-refractivity contribution in [3.05, 3.63) is 71.1 Å². The van der Waals surface area contributed by atoms with Crippen molar-refractivity contribution in [3.63, 3.8) is 0 Å². The topological polar surface area (TPSA) is 83.7 Å². The monoisotopic (exact) mass is 368 g/mol. The van der Waals surface area contributed by atoms with Crippen LogP contribution in [0.2, 0.25) is 0 Å². The molecule has 0 atom stereocenters. The fraction of sp³-hybridized carbons (Fsp3) is 0.250. The van der Waals surface area contributed by atoms with E-state index in [4.69, 9.17) is 18.7 Å². The summed E-state index contributed by atoms with van der Waals surface area (Å²) in [5, 5.41) is 7.62. The molecule has 0 amide bonds. The first kappa shape index (κ1) is 18.4. The molecule has 1 aromatic heterocycles. The van der Waals surface area contributed by atoms with Gasteiger partial charge in [0.1, 0.15) is 23.8 Å². The average molecular weight is 368 g/mol. The van der Waals surface area contributed by atoms with Gasteiger partial charge in [0.05, 0.1) is 19.3 Å². The van der Waals surface area contributed by atoms with E-state index in [-0.39, 0.29) is 12.6 Å². The molecule has 140 valence electrons. The maximum Gasteiger partial charge on any atom is 0.338 e. The smallest absolute Gasteiger partial charge is 0.338 e. The van der Waals surface area contributed by atoms with Crippen LogP contribution in [-0.4, -0.2) is 30.1 Å². The molecule has 1 heterocycles. The highest BCUT2D eigenvalue weighted by atomic mass is 16.5. The standard InChI is InChI=1S/C20H20N2O5/c1-3-25-20(23)15-6-4-5-14(11-15)12-19-18(21-22-27-19)13-26-17-9-7-16(24-2)8-10-17/h4-11H,3,12-13H2,1-2H3. The third kappa shape index (κ3) is 4.84. The van der Waals surface area contributed by atoms with Crippen LogP contribution in [0.15, 0.2) is 53.1 Å². The van der Waals surface area contributed by atoms with Crippen LogP contribution < -0.4 is 9.47 Å². The second kappa shape index (κ2) is 8.84. The highest BCUT2D eigenvalue weighted by Gasteiger charge is 2.14. The molecule has 3 rings (SSSR count). The number of aromatic nitrogens is 2. The quantitative estimate of drug-likeness (QED) is 0.563. The van der Waals surface area contributed by atoms with Crippen LogP contribution in [0.4, 0.5) is 0 Å². The molecule has 0 radical (unpaired) electrons. The Balaban J connectivity index is 1.66. The van der Waals surface area contributed by atoms with Crippen molar-refractivity contribution in [3.8, 4) is 11.5 Å². The van der Waals surface area contributed by atoms with Crippen molar-refractivity contribution in [1.82, 2.24) is 10.4 Å². The first-order valence-electron chi connectivity index (χ1n) is 8.52. The van der Waals surface area contributed by atoms with Gasteiger partial charge >= 0.3 is 5.97 Å². The summed E-state index contributed by atoms with van der Waals surface area (Å²) in [5.74, 6) is 1.68. The lowest BCUT2D eigenvalue weighted by molar-refractivity contribution is 0.0526. The number of hydrogen-bond donors (Lipinski definition) is 0. The lowest BCUT2D eigenvalue weighted by Crippen LogP contribution is -2.05. The maximum absolute atomic E-state index is 11.9. The molecule has 7 heteroatoms. The summed E-state index contributed by atoms with van der Waals surface area (Å²) in [6.45, 7) is 2.34. The third-order valence-corrected chi connectivity index (χ3v) is 3.87.